The van der Waals surface area contributed by atoms with Crippen LogP contribution >= 0.6 is 0 Å². The van der Waals surface area contributed by atoms with Gasteiger partial charge in [-0.1, -0.05) is 0 Å². The molecule has 0 amide bonds. The van der Waals surface area contributed by atoms with E-state index in [0.29, 0.717) is 11.2 Å². The van der Waals surface area contributed by atoms with Gasteiger partial charge >= 0.3 is 0 Å². The number of aromatic amines is 1. The molecule has 14 heavy (non-hydrogen) atoms. The van der Waals surface area contributed by atoms with Crippen molar-refractivity contribution in [3.63, 3.8) is 0 Å². The Balaban J connectivity index is 2.58. The lowest BCUT2D eigenvalue weighted by Gasteiger charge is -1.99. The molecule has 2 heterocycles. The molecule has 0 spiro atoms. The molecule has 0 aliphatic carbocycles. The number of fused-ring (bicyclic) bond motifs is 1. The second-order valence-electron chi connectivity index (χ2n) is 3.12. The van der Waals surface area contributed by atoms with E-state index in [1.165, 1.54) is 0 Å². The number of pyridine rings is 1. The predicted molar refractivity (Wildman–Crippen MR) is 51.9 cm³/mol. The first-order valence-electron chi connectivity index (χ1n) is 4.29. The van der Waals surface area contributed by atoms with Crippen LogP contribution in [0.5, 0.6) is 0 Å². The zero-order valence-electron chi connectivity index (χ0n) is 7.69. The van der Waals surface area contributed by atoms with Crippen molar-refractivity contribution in [2.45, 2.75) is 13.0 Å². The van der Waals surface area contributed by atoms with Crippen LogP contribution in [-0.4, -0.2) is 27.0 Å². The molecule has 0 aliphatic heterocycles. The third-order valence-electron chi connectivity index (χ3n) is 1.97. The first kappa shape index (κ1) is 8.83. The van der Waals surface area contributed by atoms with Crippen LogP contribution in [0.15, 0.2) is 18.3 Å². The number of ketones is 1. The van der Waals surface area contributed by atoms with E-state index in [0.717, 1.165) is 5.52 Å². The summed E-state index contributed by atoms with van der Waals surface area (Å²) in [6, 6.07) is 3.04. The average molecular weight is 190 g/mol. The Labute approximate surface area is 80.3 Å². The van der Waals surface area contributed by atoms with E-state index < -0.39 is 6.04 Å². The third-order valence-corrected chi connectivity index (χ3v) is 1.97. The van der Waals surface area contributed by atoms with Crippen LogP contribution in [-0.2, 0) is 0 Å². The lowest BCUT2D eigenvalue weighted by Crippen LogP contribution is -2.27. The van der Waals surface area contributed by atoms with Gasteiger partial charge in [-0.05, 0) is 19.1 Å². The highest BCUT2D eigenvalue weighted by molar-refractivity contribution is 6.06. The maximum absolute atomic E-state index is 11.6. The minimum Gasteiger partial charge on any atom is -0.321 e. The number of aromatic nitrogens is 3. The van der Waals surface area contributed by atoms with Gasteiger partial charge in [0.2, 0.25) is 5.78 Å². The number of carbonyl (C=O) groups excluding carboxylic acids is 1. The van der Waals surface area contributed by atoms with Gasteiger partial charge in [-0.2, -0.15) is 5.10 Å². The summed E-state index contributed by atoms with van der Waals surface area (Å²) in [5.74, 6) is -0.199. The Morgan fingerprint density at radius 3 is 3.14 bits per heavy atom. The molecule has 1 atom stereocenters. The minimum absolute atomic E-state index is 0.199. The molecule has 0 saturated carbocycles. The summed E-state index contributed by atoms with van der Waals surface area (Å²) in [5.41, 5.74) is 7.13. The number of nitrogens with zero attached hydrogens (tertiary/aromatic N) is 2. The van der Waals surface area contributed by atoms with Crippen LogP contribution in [0.1, 0.15) is 17.4 Å². The standard InChI is InChI=1S/C9H10N4O/c1-5(10)9(14)8-7-6(12-13-8)3-2-4-11-7/h2-5H,10H2,1H3,(H,12,13). The molecule has 3 N–H and O–H groups in total. The van der Waals surface area contributed by atoms with Crippen LogP contribution in [0.3, 0.4) is 0 Å². The Hall–Kier alpha value is -1.75. The van der Waals surface area contributed by atoms with Crippen molar-refractivity contribution in [2.75, 3.05) is 0 Å². The van der Waals surface area contributed by atoms with Crippen molar-refractivity contribution in [3.8, 4) is 0 Å². The lowest BCUT2D eigenvalue weighted by molar-refractivity contribution is 0.0964. The van der Waals surface area contributed by atoms with Gasteiger partial charge in [0.25, 0.3) is 0 Å². The molecule has 2 aromatic rings. The van der Waals surface area contributed by atoms with E-state index in [1.807, 2.05) is 6.07 Å². The quantitative estimate of drug-likeness (QED) is 0.675. The first-order chi connectivity index (χ1) is 6.70. The summed E-state index contributed by atoms with van der Waals surface area (Å²) in [5, 5.41) is 6.63. The summed E-state index contributed by atoms with van der Waals surface area (Å²) in [7, 11) is 0. The molecule has 0 aromatic carbocycles. The molecule has 0 bridgehead atoms. The van der Waals surface area contributed by atoms with Gasteiger partial charge in [-0.15, -0.1) is 0 Å². The molecule has 5 nitrogen and oxygen atoms in total. The van der Waals surface area contributed by atoms with Crippen molar-refractivity contribution in [3.05, 3.63) is 24.0 Å². The number of nitrogens with one attached hydrogen (secondary N) is 1. The Bertz CT molecular complexity index is 474. The lowest BCUT2D eigenvalue weighted by atomic mass is 10.1. The SMILES string of the molecule is CC(N)C(=O)c1n[nH]c2cccnc12. The Kier molecular flexibility index (Phi) is 2.01. The maximum Gasteiger partial charge on any atom is 0.201 e. The molecule has 5 heteroatoms. The topological polar surface area (TPSA) is 84.7 Å². The van der Waals surface area contributed by atoms with Gasteiger partial charge < -0.3 is 5.73 Å². The minimum atomic E-state index is -0.552. The fourth-order valence-corrected chi connectivity index (χ4v) is 1.24. The summed E-state index contributed by atoms with van der Waals surface area (Å²) in [6.45, 7) is 1.63. The van der Waals surface area contributed by atoms with E-state index in [1.54, 1.807) is 19.2 Å². The zero-order valence-corrected chi connectivity index (χ0v) is 7.69. The third kappa shape index (κ3) is 1.27. The molecule has 2 rings (SSSR count). The molecule has 0 saturated heterocycles. The van der Waals surface area contributed by atoms with Crippen molar-refractivity contribution in [1.82, 2.24) is 15.2 Å². The van der Waals surface area contributed by atoms with E-state index in [-0.39, 0.29) is 5.78 Å². The summed E-state index contributed by atoms with van der Waals surface area (Å²) in [4.78, 5) is 15.6. The molecule has 0 radical (unpaired) electrons. The summed E-state index contributed by atoms with van der Waals surface area (Å²) in [6.07, 6.45) is 1.62. The molecule has 0 aliphatic rings. The van der Waals surface area contributed by atoms with Gasteiger partial charge in [0.15, 0.2) is 5.69 Å². The normalized spacial score (nSPS) is 13.0. The van der Waals surface area contributed by atoms with Crippen molar-refractivity contribution < 1.29 is 4.79 Å². The number of hydrogen-bond acceptors (Lipinski definition) is 4. The Morgan fingerprint density at radius 2 is 2.43 bits per heavy atom. The zero-order chi connectivity index (χ0) is 10.1. The maximum atomic E-state index is 11.6. The number of H-pyrrole nitrogens is 1. The van der Waals surface area contributed by atoms with Crippen LogP contribution in [0.4, 0.5) is 0 Å². The number of carbonyl (C=O) groups is 1. The number of rotatable bonds is 2. The molecule has 72 valence electrons. The van der Waals surface area contributed by atoms with Crippen LogP contribution in [0.2, 0.25) is 0 Å². The van der Waals surface area contributed by atoms with Crippen LogP contribution in [0.25, 0.3) is 11.0 Å². The summed E-state index contributed by atoms with van der Waals surface area (Å²) < 4.78 is 0. The van der Waals surface area contributed by atoms with E-state index in [4.69, 9.17) is 5.73 Å². The largest absolute Gasteiger partial charge is 0.321 e. The van der Waals surface area contributed by atoms with Gasteiger partial charge in [-0.3, -0.25) is 14.9 Å². The number of nitrogens with two attached hydrogens (primary N) is 1. The van der Waals surface area contributed by atoms with Gasteiger partial charge in [0.1, 0.15) is 5.52 Å². The van der Waals surface area contributed by atoms with E-state index >= 15 is 0 Å². The first-order valence-corrected chi connectivity index (χ1v) is 4.29. The highest BCUT2D eigenvalue weighted by Gasteiger charge is 2.17. The average Bonchev–Trinajstić information content (AvgIpc) is 2.60. The smallest absolute Gasteiger partial charge is 0.201 e. The molecular formula is C9H10N4O. The fraction of sp³-hybridized carbons (Fsp3) is 0.222. The van der Waals surface area contributed by atoms with Crippen molar-refractivity contribution in [2.24, 2.45) is 5.73 Å². The highest BCUT2D eigenvalue weighted by atomic mass is 16.1. The molecule has 2 aromatic heterocycles. The number of hydrogen-bond donors (Lipinski definition) is 2. The summed E-state index contributed by atoms with van der Waals surface area (Å²) >= 11 is 0. The molecule has 0 fully saturated rings. The van der Waals surface area contributed by atoms with E-state index in [2.05, 4.69) is 15.2 Å². The van der Waals surface area contributed by atoms with Gasteiger partial charge in [0, 0.05) is 6.20 Å². The van der Waals surface area contributed by atoms with Gasteiger partial charge in [-0.25, -0.2) is 0 Å². The molecule has 1 unspecified atom stereocenters. The van der Waals surface area contributed by atoms with Crippen LogP contribution < -0.4 is 5.73 Å². The monoisotopic (exact) mass is 190 g/mol. The number of Topliss-reactive ketones (excluding diaryl/α,β-unsaturated/α-hetero) is 1. The fourth-order valence-electron chi connectivity index (χ4n) is 1.24. The molecular weight excluding hydrogens is 180 g/mol. The second-order valence-corrected chi connectivity index (χ2v) is 3.12. The predicted octanol–water partition coefficient (Wildman–Crippen LogP) is 0.488. The van der Waals surface area contributed by atoms with Crippen LogP contribution in [0, 0.1) is 0 Å². The van der Waals surface area contributed by atoms with Crippen molar-refractivity contribution in [1.29, 1.82) is 0 Å². The van der Waals surface area contributed by atoms with E-state index in [9.17, 15) is 4.79 Å². The van der Waals surface area contributed by atoms with Crippen molar-refractivity contribution >= 4 is 16.8 Å². The Morgan fingerprint density at radius 1 is 1.64 bits per heavy atom. The second kappa shape index (κ2) is 3.19. The van der Waals surface area contributed by atoms with Gasteiger partial charge in [0.05, 0.1) is 11.6 Å². The highest BCUT2D eigenvalue weighted by Crippen LogP contribution is 2.13.